The maximum Gasteiger partial charge on any atom is 0.248 e. The number of nitro groups is 1. The Kier molecular flexibility index (Phi) is 3.71. The van der Waals surface area contributed by atoms with E-state index >= 15 is 0 Å². The Balaban J connectivity index is 3.01. The van der Waals surface area contributed by atoms with Crippen molar-refractivity contribution in [1.82, 2.24) is 0 Å². The molecule has 0 aliphatic heterocycles. The molecule has 0 atom stereocenters. The van der Waals surface area contributed by atoms with Crippen molar-refractivity contribution in [3.63, 3.8) is 0 Å². The van der Waals surface area contributed by atoms with Crippen LogP contribution in [0.5, 0.6) is 0 Å². The van der Waals surface area contributed by atoms with E-state index in [-0.39, 0.29) is 0 Å². The van der Waals surface area contributed by atoms with Crippen LogP contribution in [0.2, 0.25) is 0 Å². The summed E-state index contributed by atoms with van der Waals surface area (Å²) in [6.45, 7) is 1.99. The van der Waals surface area contributed by atoms with Crippen molar-refractivity contribution >= 4 is 16.7 Å². The Hall–Kier alpha value is -1.29. The van der Waals surface area contributed by atoms with Crippen LogP contribution in [-0.2, 0) is 0 Å². The Labute approximate surface area is 87.0 Å². The van der Waals surface area contributed by atoms with Gasteiger partial charge in [0.25, 0.3) is 0 Å². The summed E-state index contributed by atoms with van der Waals surface area (Å²) in [5.74, 6) is 0. The molecule has 0 aliphatic rings. The predicted molar refractivity (Wildman–Crippen MR) is 59.7 cm³/mol. The lowest BCUT2D eigenvalue weighted by atomic mass is 10.1. The van der Waals surface area contributed by atoms with Crippen molar-refractivity contribution < 1.29 is 4.92 Å². The van der Waals surface area contributed by atoms with E-state index in [1.807, 2.05) is 37.4 Å². The van der Waals surface area contributed by atoms with E-state index in [4.69, 9.17) is 0 Å². The molecule has 1 aromatic carbocycles. The number of rotatable bonds is 3. The van der Waals surface area contributed by atoms with Crippen LogP contribution < -0.4 is 0 Å². The highest BCUT2D eigenvalue weighted by molar-refractivity contribution is 8.07. The van der Waals surface area contributed by atoms with Crippen LogP contribution in [0, 0.1) is 17.0 Å². The molecule has 0 N–H and O–H groups in total. The monoisotopic (exact) mass is 209 g/mol. The van der Waals surface area contributed by atoms with E-state index in [0.717, 1.165) is 17.3 Å². The molecule has 0 heterocycles. The van der Waals surface area contributed by atoms with E-state index in [2.05, 4.69) is 0 Å². The number of hydrogen-bond acceptors (Lipinski definition) is 3. The topological polar surface area (TPSA) is 43.1 Å². The Morgan fingerprint density at radius 3 is 2.43 bits per heavy atom. The Bertz CT molecular complexity index is 357. The van der Waals surface area contributed by atoms with Crippen molar-refractivity contribution in [2.45, 2.75) is 6.92 Å². The van der Waals surface area contributed by atoms with E-state index in [1.165, 1.54) is 11.8 Å². The van der Waals surface area contributed by atoms with Gasteiger partial charge in [0, 0.05) is 0 Å². The summed E-state index contributed by atoms with van der Waals surface area (Å²) in [5.41, 5.74) is 2.04. The maximum absolute atomic E-state index is 10.3. The SMILES string of the molecule is CS/C(=C\[N+](=O)[O-])c1ccc(C)cc1. The van der Waals surface area contributed by atoms with Gasteiger partial charge in [-0.2, -0.15) is 0 Å². The van der Waals surface area contributed by atoms with Gasteiger partial charge in [-0.25, -0.2) is 0 Å². The van der Waals surface area contributed by atoms with Gasteiger partial charge in [-0.1, -0.05) is 29.8 Å². The average molecular weight is 209 g/mol. The molecule has 0 amide bonds. The standard InChI is InChI=1S/C10H11NO2S/c1-8-3-5-9(6-4-8)10(14-2)7-11(12)13/h3-7H,1-2H3/b10-7-. The summed E-state index contributed by atoms with van der Waals surface area (Å²) >= 11 is 1.38. The van der Waals surface area contributed by atoms with Gasteiger partial charge < -0.3 is 0 Å². The van der Waals surface area contributed by atoms with Crippen LogP contribution in [0.15, 0.2) is 30.5 Å². The van der Waals surface area contributed by atoms with Gasteiger partial charge >= 0.3 is 0 Å². The van der Waals surface area contributed by atoms with Gasteiger partial charge in [0.1, 0.15) is 0 Å². The zero-order valence-electron chi connectivity index (χ0n) is 8.06. The molecule has 1 rings (SSSR count). The summed E-state index contributed by atoms with van der Waals surface area (Å²) in [5, 5.41) is 10.3. The summed E-state index contributed by atoms with van der Waals surface area (Å²) in [7, 11) is 0. The van der Waals surface area contributed by atoms with Gasteiger partial charge in [0.05, 0.1) is 9.83 Å². The predicted octanol–water partition coefficient (Wildman–Crippen LogP) is 2.93. The van der Waals surface area contributed by atoms with Crippen LogP contribution >= 0.6 is 11.8 Å². The second kappa shape index (κ2) is 4.81. The quantitative estimate of drug-likeness (QED) is 0.567. The van der Waals surface area contributed by atoms with Crippen molar-refractivity contribution in [2.75, 3.05) is 6.26 Å². The van der Waals surface area contributed by atoms with Crippen LogP contribution in [0.1, 0.15) is 11.1 Å². The lowest BCUT2D eigenvalue weighted by Crippen LogP contribution is -1.88. The zero-order chi connectivity index (χ0) is 10.6. The number of nitrogens with zero attached hydrogens (tertiary/aromatic N) is 1. The molecule has 74 valence electrons. The lowest BCUT2D eigenvalue weighted by Gasteiger charge is -2.01. The number of aryl methyl sites for hydroxylation is 1. The van der Waals surface area contributed by atoms with Gasteiger partial charge in [0.15, 0.2) is 0 Å². The largest absolute Gasteiger partial charge is 0.259 e. The fourth-order valence-electron chi connectivity index (χ4n) is 1.06. The average Bonchev–Trinajstić information content (AvgIpc) is 2.15. The van der Waals surface area contributed by atoms with Crippen LogP contribution in [0.4, 0.5) is 0 Å². The second-order valence-electron chi connectivity index (χ2n) is 2.85. The normalized spacial score (nSPS) is 11.4. The highest BCUT2D eigenvalue weighted by Gasteiger charge is 2.04. The minimum atomic E-state index is -0.425. The third-order valence-corrected chi connectivity index (χ3v) is 2.56. The fourth-order valence-corrected chi connectivity index (χ4v) is 1.62. The van der Waals surface area contributed by atoms with Crippen molar-refractivity contribution in [3.05, 3.63) is 51.7 Å². The minimum absolute atomic E-state index is 0.425. The van der Waals surface area contributed by atoms with E-state index < -0.39 is 4.92 Å². The second-order valence-corrected chi connectivity index (χ2v) is 3.70. The smallest absolute Gasteiger partial charge is 0.248 e. The third-order valence-electron chi connectivity index (χ3n) is 1.78. The molecule has 1 aromatic rings. The first-order chi connectivity index (χ1) is 6.63. The summed E-state index contributed by atoms with van der Waals surface area (Å²) < 4.78 is 0. The van der Waals surface area contributed by atoms with Crippen molar-refractivity contribution in [2.24, 2.45) is 0 Å². The number of thioether (sulfide) groups is 1. The van der Waals surface area contributed by atoms with Crippen LogP contribution in [0.25, 0.3) is 4.91 Å². The summed E-state index contributed by atoms with van der Waals surface area (Å²) in [6, 6.07) is 7.67. The molecule has 4 heteroatoms. The van der Waals surface area contributed by atoms with Gasteiger partial charge in [-0.3, -0.25) is 10.1 Å². The van der Waals surface area contributed by atoms with Gasteiger partial charge in [-0.05, 0) is 18.7 Å². The van der Waals surface area contributed by atoms with Crippen LogP contribution in [-0.4, -0.2) is 11.2 Å². The first-order valence-corrected chi connectivity index (χ1v) is 5.32. The molecule has 0 saturated heterocycles. The molecule has 0 aromatic heterocycles. The molecule has 0 unspecified atom stereocenters. The minimum Gasteiger partial charge on any atom is -0.259 e. The van der Waals surface area contributed by atoms with Crippen molar-refractivity contribution in [3.8, 4) is 0 Å². The van der Waals surface area contributed by atoms with Gasteiger partial charge in [0.2, 0.25) is 6.20 Å². The molecule has 0 fully saturated rings. The Morgan fingerprint density at radius 1 is 1.43 bits per heavy atom. The maximum atomic E-state index is 10.3. The molecule has 0 spiro atoms. The molecular weight excluding hydrogens is 198 g/mol. The highest BCUT2D eigenvalue weighted by Crippen LogP contribution is 2.24. The third kappa shape index (κ3) is 2.88. The molecule has 0 aliphatic carbocycles. The van der Waals surface area contributed by atoms with Gasteiger partial charge in [-0.15, -0.1) is 11.8 Å². The van der Waals surface area contributed by atoms with Crippen molar-refractivity contribution in [1.29, 1.82) is 0 Å². The van der Waals surface area contributed by atoms with E-state index in [0.29, 0.717) is 4.91 Å². The molecule has 0 radical (unpaired) electrons. The van der Waals surface area contributed by atoms with E-state index in [9.17, 15) is 10.1 Å². The number of hydrogen-bond donors (Lipinski definition) is 0. The number of benzene rings is 1. The zero-order valence-corrected chi connectivity index (χ0v) is 8.88. The lowest BCUT2D eigenvalue weighted by molar-refractivity contribution is -0.401. The van der Waals surface area contributed by atoms with E-state index in [1.54, 1.807) is 0 Å². The molecule has 3 nitrogen and oxygen atoms in total. The van der Waals surface area contributed by atoms with Crippen LogP contribution in [0.3, 0.4) is 0 Å². The molecule has 14 heavy (non-hydrogen) atoms. The first kappa shape index (κ1) is 10.8. The first-order valence-electron chi connectivity index (χ1n) is 4.10. The summed E-state index contributed by atoms with van der Waals surface area (Å²) in [4.78, 5) is 10.6. The highest BCUT2D eigenvalue weighted by atomic mass is 32.2. The molecule has 0 bridgehead atoms. The summed E-state index contributed by atoms with van der Waals surface area (Å²) in [6.07, 6.45) is 2.87. The molecular formula is C10H11NO2S. The fraction of sp³-hybridized carbons (Fsp3) is 0.200. The molecule has 0 saturated carbocycles. The Morgan fingerprint density at radius 2 is 2.00 bits per heavy atom.